The van der Waals surface area contributed by atoms with E-state index in [9.17, 15) is 9.59 Å². The molecular formula is C19H17N3O2S. The number of aromatic nitrogens is 1. The molecule has 1 aliphatic heterocycles. The number of carbonyl (C=O) groups is 2. The number of nitrogens with one attached hydrogen (secondary N) is 1. The second-order valence-corrected chi connectivity index (χ2v) is 7.03. The lowest BCUT2D eigenvalue weighted by molar-refractivity contribution is -0.119. The minimum atomic E-state index is -0.445. The summed E-state index contributed by atoms with van der Waals surface area (Å²) in [5, 5.41) is 3.46. The lowest BCUT2D eigenvalue weighted by Crippen LogP contribution is -2.43. The van der Waals surface area contributed by atoms with Gasteiger partial charge in [-0.1, -0.05) is 41.7 Å². The molecule has 126 valence electrons. The number of anilines is 1. The highest BCUT2D eigenvalue weighted by atomic mass is 32.1. The number of fused-ring (bicyclic) bond motifs is 1. The first-order valence-corrected chi connectivity index (χ1v) is 9.06. The lowest BCUT2D eigenvalue weighted by atomic mass is 10.1. The molecular weight excluding hydrogens is 334 g/mol. The van der Waals surface area contributed by atoms with E-state index in [0.717, 1.165) is 16.6 Å². The molecule has 0 spiro atoms. The smallest absolute Gasteiger partial charge is 0.254 e. The minimum absolute atomic E-state index is 0.0949. The number of thiazole rings is 1. The Morgan fingerprint density at radius 1 is 1.08 bits per heavy atom. The van der Waals surface area contributed by atoms with E-state index in [2.05, 4.69) is 10.3 Å². The zero-order chi connectivity index (χ0) is 17.2. The third-order valence-electron chi connectivity index (χ3n) is 4.36. The van der Waals surface area contributed by atoms with E-state index in [1.165, 1.54) is 11.3 Å². The van der Waals surface area contributed by atoms with Gasteiger partial charge in [-0.15, -0.1) is 0 Å². The molecule has 1 aliphatic rings. The average molecular weight is 351 g/mol. The molecule has 0 radical (unpaired) electrons. The Bertz CT molecular complexity index is 890. The fourth-order valence-corrected chi connectivity index (χ4v) is 4.01. The number of hydrogen-bond acceptors (Lipinski definition) is 4. The van der Waals surface area contributed by atoms with E-state index < -0.39 is 6.04 Å². The van der Waals surface area contributed by atoms with Gasteiger partial charge in [0, 0.05) is 12.1 Å². The van der Waals surface area contributed by atoms with Crippen LogP contribution in [0, 0.1) is 0 Å². The Morgan fingerprint density at radius 3 is 2.64 bits per heavy atom. The molecule has 3 aromatic rings. The van der Waals surface area contributed by atoms with Gasteiger partial charge in [0.2, 0.25) is 5.91 Å². The maximum atomic E-state index is 12.7. The van der Waals surface area contributed by atoms with Crippen molar-refractivity contribution in [1.82, 2.24) is 9.88 Å². The third kappa shape index (κ3) is 3.13. The van der Waals surface area contributed by atoms with Gasteiger partial charge < -0.3 is 10.2 Å². The van der Waals surface area contributed by atoms with E-state index in [4.69, 9.17) is 0 Å². The normalized spacial score (nSPS) is 17.0. The molecule has 0 bridgehead atoms. The molecule has 2 aromatic carbocycles. The van der Waals surface area contributed by atoms with Crippen LogP contribution in [0.2, 0.25) is 0 Å². The molecule has 2 heterocycles. The van der Waals surface area contributed by atoms with Crippen molar-refractivity contribution in [2.24, 2.45) is 0 Å². The Kier molecular flexibility index (Phi) is 4.19. The van der Waals surface area contributed by atoms with Crippen LogP contribution in [0.5, 0.6) is 0 Å². The predicted octanol–water partition coefficient (Wildman–Crippen LogP) is 3.54. The summed E-state index contributed by atoms with van der Waals surface area (Å²) in [7, 11) is 0. The molecule has 2 amide bonds. The predicted molar refractivity (Wildman–Crippen MR) is 98.8 cm³/mol. The number of carbonyl (C=O) groups excluding carboxylic acids is 2. The lowest BCUT2D eigenvalue weighted by Gasteiger charge is -2.23. The molecule has 4 rings (SSSR count). The molecule has 1 fully saturated rings. The number of nitrogens with zero attached hydrogens (tertiary/aromatic N) is 2. The Hall–Kier alpha value is -2.73. The van der Waals surface area contributed by atoms with Crippen molar-refractivity contribution in [3.8, 4) is 0 Å². The van der Waals surface area contributed by atoms with Crippen LogP contribution in [0.4, 0.5) is 5.13 Å². The number of amides is 2. The summed E-state index contributed by atoms with van der Waals surface area (Å²) in [6.45, 7) is 0.603. The number of rotatable bonds is 3. The van der Waals surface area contributed by atoms with Crippen LogP contribution in [-0.4, -0.2) is 34.3 Å². The van der Waals surface area contributed by atoms with Crippen molar-refractivity contribution in [3.05, 3.63) is 60.2 Å². The zero-order valence-corrected chi connectivity index (χ0v) is 14.3. The molecule has 25 heavy (non-hydrogen) atoms. The molecule has 0 unspecified atom stereocenters. The van der Waals surface area contributed by atoms with Gasteiger partial charge in [0.1, 0.15) is 6.04 Å². The summed E-state index contributed by atoms with van der Waals surface area (Å²) in [5.41, 5.74) is 1.48. The van der Waals surface area contributed by atoms with Gasteiger partial charge in [-0.25, -0.2) is 4.98 Å². The van der Waals surface area contributed by atoms with Gasteiger partial charge in [0.25, 0.3) is 5.91 Å². The second-order valence-electron chi connectivity index (χ2n) is 6.00. The highest BCUT2D eigenvalue weighted by molar-refractivity contribution is 7.22. The van der Waals surface area contributed by atoms with Gasteiger partial charge >= 0.3 is 0 Å². The topological polar surface area (TPSA) is 62.3 Å². The van der Waals surface area contributed by atoms with Gasteiger partial charge in [0.15, 0.2) is 5.13 Å². The van der Waals surface area contributed by atoms with Crippen LogP contribution in [-0.2, 0) is 4.79 Å². The van der Waals surface area contributed by atoms with Crippen LogP contribution in [0.1, 0.15) is 23.2 Å². The molecule has 1 saturated heterocycles. The van der Waals surface area contributed by atoms with E-state index in [-0.39, 0.29) is 11.8 Å². The minimum Gasteiger partial charge on any atom is -0.327 e. The van der Waals surface area contributed by atoms with Crippen molar-refractivity contribution in [1.29, 1.82) is 0 Å². The van der Waals surface area contributed by atoms with Crippen LogP contribution in [0.15, 0.2) is 54.6 Å². The van der Waals surface area contributed by atoms with Crippen LogP contribution < -0.4 is 5.32 Å². The molecule has 1 N–H and O–H groups in total. The molecule has 6 heteroatoms. The number of likely N-dealkylation sites (tertiary alicyclic amines) is 1. The molecule has 5 nitrogen and oxygen atoms in total. The van der Waals surface area contributed by atoms with Crippen molar-refractivity contribution in [2.45, 2.75) is 18.9 Å². The van der Waals surface area contributed by atoms with E-state index in [1.807, 2.05) is 42.5 Å². The first-order chi connectivity index (χ1) is 12.2. The molecule has 1 aromatic heterocycles. The summed E-state index contributed by atoms with van der Waals surface area (Å²) in [5.74, 6) is -0.261. The molecule has 0 aliphatic carbocycles. The Balaban J connectivity index is 1.51. The van der Waals surface area contributed by atoms with Crippen molar-refractivity contribution >= 4 is 38.5 Å². The van der Waals surface area contributed by atoms with E-state index in [0.29, 0.717) is 23.7 Å². The first-order valence-electron chi connectivity index (χ1n) is 8.25. The van der Waals surface area contributed by atoms with Crippen LogP contribution in [0.25, 0.3) is 10.2 Å². The highest BCUT2D eigenvalue weighted by Gasteiger charge is 2.34. The van der Waals surface area contributed by atoms with Gasteiger partial charge in [-0.05, 0) is 37.1 Å². The monoisotopic (exact) mass is 351 g/mol. The number of hydrogen-bond donors (Lipinski definition) is 1. The average Bonchev–Trinajstić information content (AvgIpc) is 3.28. The maximum absolute atomic E-state index is 12.7. The summed E-state index contributed by atoms with van der Waals surface area (Å²) in [4.78, 5) is 31.5. The first kappa shape index (κ1) is 15.8. The maximum Gasteiger partial charge on any atom is 0.254 e. The van der Waals surface area contributed by atoms with Gasteiger partial charge in [0.05, 0.1) is 10.2 Å². The summed E-state index contributed by atoms with van der Waals surface area (Å²) in [6.07, 6.45) is 1.51. The summed E-state index contributed by atoms with van der Waals surface area (Å²) in [6, 6.07) is 16.4. The third-order valence-corrected chi connectivity index (χ3v) is 5.31. The Labute approximate surface area is 149 Å². The SMILES string of the molecule is O=C(Nc1nc2ccccc2s1)[C@@H]1CCCN1C(=O)c1ccccc1. The zero-order valence-electron chi connectivity index (χ0n) is 13.5. The quantitative estimate of drug-likeness (QED) is 0.785. The summed E-state index contributed by atoms with van der Waals surface area (Å²) < 4.78 is 1.03. The fraction of sp³-hybridized carbons (Fsp3) is 0.211. The highest BCUT2D eigenvalue weighted by Crippen LogP contribution is 2.27. The molecule has 1 atom stereocenters. The largest absolute Gasteiger partial charge is 0.327 e. The van der Waals surface area contributed by atoms with Crippen molar-refractivity contribution in [2.75, 3.05) is 11.9 Å². The van der Waals surface area contributed by atoms with Crippen molar-refractivity contribution < 1.29 is 9.59 Å². The van der Waals surface area contributed by atoms with Gasteiger partial charge in [-0.3, -0.25) is 9.59 Å². The second kappa shape index (κ2) is 6.64. The fourth-order valence-electron chi connectivity index (χ4n) is 3.14. The van der Waals surface area contributed by atoms with Crippen molar-refractivity contribution in [3.63, 3.8) is 0 Å². The van der Waals surface area contributed by atoms with Gasteiger partial charge in [-0.2, -0.15) is 0 Å². The van der Waals surface area contributed by atoms with Crippen LogP contribution in [0.3, 0.4) is 0 Å². The molecule has 0 saturated carbocycles. The standard InChI is InChI=1S/C19H17N3O2S/c23-17(21-19-20-14-9-4-5-11-16(14)25-19)15-10-6-12-22(15)18(24)13-7-2-1-3-8-13/h1-5,7-9,11,15H,6,10,12H2,(H,20,21,23)/t15-/m0/s1. The number of benzene rings is 2. The van der Waals surface area contributed by atoms with E-state index >= 15 is 0 Å². The Morgan fingerprint density at radius 2 is 1.84 bits per heavy atom. The van der Waals surface area contributed by atoms with Crippen LogP contribution >= 0.6 is 11.3 Å². The number of para-hydroxylation sites is 1. The van der Waals surface area contributed by atoms with E-state index in [1.54, 1.807) is 17.0 Å². The summed E-state index contributed by atoms with van der Waals surface area (Å²) >= 11 is 1.44.